The van der Waals surface area contributed by atoms with E-state index in [-0.39, 0.29) is 42.3 Å². The highest BCUT2D eigenvalue weighted by Crippen LogP contribution is 2.48. The monoisotopic (exact) mass is 663 g/mol. The number of sulfone groups is 1. The minimum atomic E-state index is -3.74. The highest BCUT2D eigenvalue weighted by molar-refractivity contribution is 7.90. The zero-order valence-corrected chi connectivity index (χ0v) is 27.8. The Bertz CT molecular complexity index is 1780. The second-order valence-electron chi connectivity index (χ2n) is 11.0. The van der Waals surface area contributed by atoms with Crippen molar-refractivity contribution in [2.75, 3.05) is 47.3 Å². The number of imide groups is 1. The minimum absolute atomic E-state index is 0.0164. The van der Waals surface area contributed by atoms with Gasteiger partial charge in [-0.15, -0.1) is 0 Å². The van der Waals surface area contributed by atoms with E-state index in [0.717, 1.165) is 16.7 Å². The summed E-state index contributed by atoms with van der Waals surface area (Å²) in [6, 6.07) is 13.6. The van der Waals surface area contributed by atoms with Crippen LogP contribution >= 0.6 is 0 Å². The Morgan fingerprint density at radius 1 is 0.809 bits per heavy atom. The number of hydrogen-bond acceptors (Lipinski definition) is 10. The van der Waals surface area contributed by atoms with Crippen LogP contribution in [0.1, 0.15) is 70.2 Å². The predicted octanol–water partition coefficient (Wildman–Crippen LogP) is 5.18. The molecule has 1 saturated heterocycles. The average molecular weight is 664 g/mol. The predicted molar refractivity (Wildman–Crippen MR) is 172 cm³/mol. The average Bonchev–Trinajstić information content (AvgIpc) is 3.66. The topological polar surface area (TPSA) is 127 Å². The van der Waals surface area contributed by atoms with Gasteiger partial charge >= 0.3 is 0 Å². The maximum absolute atomic E-state index is 13.0. The summed E-state index contributed by atoms with van der Waals surface area (Å²) < 4.78 is 60.8. The molecule has 3 aromatic rings. The van der Waals surface area contributed by atoms with Gasteiger partial charge in [-0.2, -0.15) is 0 Å². The van der Waals surface area contributed by atoms with E-state index in [1.807, 2.05) is 19.1 Å². The molecule has 2 aliphatic heterocycles. The number of amides is 2. The minimum Gasteiger partial charge on any atom is -0.493 e. The fourth-order valence-corrected chi connectivity index (χ4v) is 6.46. The summed E-state index contributed by atoms with van der Waals surface area (Å²) >= 11 is 0. The van der Waals surface area contributed by atoms with Crippen LogP contribution < -0.4 is 23.7 Å². The molecule has 0 bridgehead atoms. The number of ether oxygens (including phenoxy) is 6. The number of benzene rings is 3. The highest BCUT2D eigenvalue weighted by atomic mass is 32.2. The van der Waals surface area contributed by atoms with E-state index in [9.17, 15) is 18.0 Å². The molecule has 5 rings (SSSR count). The molecule has 1 fully saturated rings. The summed E-state index contributed by atoms with van der Waals surface area (Å²) in [6.07, 6.45) is 2.27. The SMILES string of the molecule is CCCOc1c(OCC#CCN2C(=O)c3ccccc3C2=O)cc([C@@H]2CC[C@@H](c3cc(OC)c(OC)c(OC)c3)O2)cc1S(C)(=O)=O. The summed E-state index contributed by atoms with van der Waals surface area (Å²) in [5.74, 6) is 6.63. The van der Waals surface area contributed by atoms with Crippen LogP contribution in [0.15, 0.2) is 53.4 Å². The van der Waals surface area contributed by atoms with Crippen LogP contribution in [-0.2, 0) is 14.6 Å². The van der Waals surface area contributed by atoms with Gasteiger partial charge in [-0.05, 0) is 66.8 Å². The van der Waals surface area contributed by atoms with Crippen LogP contribution in [0, 0.1) is 11.8 Å². The van der Waals surface area contributed by atoms with Crippen molar-refractivity contribution >= 4 is 21.7 Å². The maximum atomic E-state index is 13.0. The third-order valence-electron chi connectivity index (χ3n) is 7.88. The van der Waals surface area contributed by atoms with E-state index in [2.05, 4.69) is 11.8 Å². The van der Waals surface area contributed by atoms with Crippen molar-refractivity contribution in [2.45, 2.75) is 43.3 Å². The maximum Gasteiger partial charge on any atom is 0.262 e. The fourth-order valence-electron chi connectivity index (χ4n) is 5.61. The van der Waals surface area contributed by atoms with E-state index in [4.69, 9.17) is 28.4 Å². The van der Waals surface area contributed by atoms with Gasteiger partial charge in [0.25, 0.3) is 11.8 Å². The molecule has 2 atom stereocenters. The van der Waals surface area contributed by atoms with Gasteiger partial charge in [-0.1, -0.05) is 30.9 Å². The van der Waals surface area contributed by atoms with Crippen molar-refractivity contribution in [3.8, 4) is 40.6 Å². The summed E-state index contributed by atoms with van der Waals surface area (Å²) in [4.78, 5) is 26.3. The molecule has 0 saturated carbocycles. The number of hydrogen-bond donors (Lipinski definition) is 0. The Balaban J connectivity index is 1.38. The summed E-state index contributed by atoms with van der Waals surface area (Å²) in [6.45, 7) is 1.93. The van der Waals surface area contributed by atoms with E-state index < -0.39 is 27.8 Å². The molecule has 3 aromatic carbocycles. The zero-order chi connectivity index (χ0) is 33.7. The quantitative estimate of drug-likeness (QED) is 0.189. The summed E-state index contributed by atoms with van der Waals surface area (Å²) in [5.41, 5.74) is 2.14. The van der Waals surface area contributed by atoms with Crippen LogP contribution in [0.3, 0.4) is 0 Å². The number of rotatable bonds is 12. The molecule has 0 unspecified atom stereocenters. The molecule has 248 valence electrons. The second kappa shape index (κ2) is 14.4. The lowest BCUT2D eigenvalue weighted by Gasteiger charge is -2.20. The number of methoxy groups -OCH3 is 3. The first-order valence-corrected chi connectivity index (χ1v) is 17.0. The normalized spacial score (nSPS) is 17.2. The molecule has 0 N–H and O–H groups in total. The smallest absolute Gasteiger partial charge is 0.262 e. The van der Waals surface area contributed by atoms with E-state index in [1.165, 1.54) is 7.11 Å². The molecule has 0 aliphatic carbocycles. The van der Waals surface area contributed by atoms with Crippen LogP contribution in [0.4, 0.5) is 0 Å². The third-order valence-corrected chi connectivity index (χ3v) is 8.99. The van der Waals surface area contributed by atoms with Gasteiger partial charge in [0.05, 0.1) is 57.8 Å². The van der Waals surface area contributed by atoms with Crippen LogP contribution in [0.2, 0.25) is 0 Å². The number of carbonyl (C=O) groups is 2. The van der Waals surface area contributed by atoms with Crippen molar-refractivity contribution in [1.82, 2.24) is 4.90 Å². The first-order chi connectivity index (χ1) is 22.6. The largest absolute Gasteiger partial charge is 0.493 e. The fraction of sp³-hybridized carbons (Fsp3) is 0.371. The molecule has 12 heteroatoms. The third kappa shape index (κ3) is 7.01. The summed E-state index contributed by atoms with van der Waals surface area (Å²) in [7, 11) is 0.890. The van der Waals surface area contributed by atoms with Gasteiger partial charge in [0.2, 0.25) is 5.75 Å². The van der Waals surface area contributed by atoms with Crippen molar-refractivity contribution in [3.05, 3.63) is 70.8 Å². The van der Waals surface area contributed by atoms with Crippen molar-refractivity contribution in [3.63, 3.8) is 0 Å². The van der Waals surface area contributed by atoms with Gasteiger partial charge in [-0.25, -0.2) is 8.42 Å². The molecule has 47 heavy (non-hydrogen) atoms. The van der Waals surface area contributed by atoms with Gasteiger partial charge in [0.1, 0.15) is 11.5 Å². The first-order valence-electron chi connectivity index (χ1n) is 15.1. The van der Waals surface area contributed by atoms with Crippen molar-refractivity contribution in [2.24, 2.45) is 0 Å². The zero-order valence-electron chi connectivity index (χ0n) is 27.0. The van der Waals surface area contributed by atoms with Gasteiger partial charge in [0.15, 0.2) is 32.8 Å². The molecule has 11 nitrogen and oxygen atoms in total. The molecule has 2 heterocycles. The second-order valence-corrected chi connectivity index (χ2v) is 13.0. The summed E-state index contributed by atoms with van der Waals surface area (Å²) in [5, 5.41) is 0. The Morgan fingerprint density at radius 3 is 1.91 bits per heavy atom. The number of carbonyl (C=O) groups excluding carboxylic acids is 2. The van der Waals surface area contributed by atoms with Crippen molar-refractivity contribution < 1.29 is 46.4 Å². The lowest BCUT2D eigenvalue weighted by molar-refractivity contribution is 0.0435. The Labute approximate surface area is 274 Å². The molecular weight excluding hydrogens is 626 g/mol. The van der Waals surface area contributed by atoms with E-state index >= 15 is 0 Å². The van der Waals surface area contributed by atoms with Crippen LogP contribution in [0.5, 0.6) is 28.7 Å². The van der Waals surface area contributed by atoms with E-state index in [0.29, 0.717) is 53.2 Å². The number of nitrogens with zero attached hydrogens (tertiary/aromatic N) is 1. The molecule has 0 spiro atoms. The molecule has 2 aliphatic rings. The van der Waals surface area contributed by atoms with Crippen molar-refractivity contribution in [1.29, 1.82) is 0 Å². The Morgan fingerprint density at radius 2 is 1.38 bits per heavy atom. The lowest BCUT2D eigenvalue weighted by atomic mass is 10.0. The Hall–Kier alpha value is -4.73. The lowest BCUT2D eigenvalue weighted by Crippen LogP contribution is -2.30. The standard InChI is InChI=1S/C35H37NO10S/c1-6-16-45-33-30(44-17-10-9-15-36-34(37)24-11-7-8-12-25(24)35(36)38)20-23(21-31(33)47(5,39)40)27-14-13-26(46-27)22-18-28(41-2)32(43-4)29(19-22)42-3/h7-8,11-12,18-21,26-27H,6,13-17H2,1-5H3/t26-,27-/m0/s1. The van der Waals surface area contributed by atoms with Gasteiger partial charge in [0, 0.05) is 6.26 Å². The molecular formula is C35H37NO10S. The molecule has 0 radical (unpaired) electrons. The van der Waals surface area contributed by atoms with E-state index in [1.54, 1.807) is 50.6 Å². The van der Waals surface area contributed by atoms with Gasteiger partial charge < -0.3 is 28.4 Å². The first kappa shape index (κ1) is 33.6. The highest BCUT2D eigenvalue weighted by Gasteiger charge is 2.35. The molecule has 0 aromatic heterocycles. The molecule has 2 amide bonds. The number of fused-ring (bicyclic) bond motifs is 1. The van der Waals surface area contributed by atoms with Gasteiger partial charge in [-0.3, -0.25) is 14.5 Å². The Kier molecular flexibility index (Phi) is 10.3. The van der Waals surface area contributed by atoms with Crippen LogP contribution in [0.25, 0.3) is 0 Å². The van der Waals surface area contributed by atoms with Crippen LogP contribution in [-0.4, -0.2) is 72.5 Å².